The number of halogens is 1. The molecule has 3 rings (SSSR count). The highest BCUT2D eigenvalue weighted by molar-refractivity contribution is 6.02. The number of carbonyl (C=O) groups excluding carboxylic acids is 3. The average Bonchev–Trinajstić information content (AvgIpc) is 2.79. The molecule has 0 aromatic heterocycles. The molecular weight excluding hydrogens is 498 g/mol. The molecule has 34 heavy (non-hydrogen) atoms. The molecule has 0 bridgehead atoms. The third kappa shape index (κ3) is 6.67. The quantitative estimate of drug-likeness (QED) is 0.410. The minimum atomic E-state index is -0.489. The van der Waals surface area contributed by atoms with Crippen molar-refractivity contribution in [1.82, 2.24) is 4.90 Å². The molecule has 0 saturated carbocycles. The third-order valence-corrected chi connectivity index (χ3v) is 6.37. The minimum absolute atomic E-state index is 0. The predicted octanol–water partition coefficient (Wildman–Crippen LogP) is 0.239. The average molecular weight is 532 g/mol. The number of hydrogen-bond donors (Lipinski definition) is 1. The number of quaternary nitrogens is 1. The van der Waals surface area contributed by atoms with Gasteiger partial charge in [-0.25, -0.2) is 4.79 Å². The van der Waals surface area contributed by atoms with E-state index >= 15 is 0 Å². The van der Waals surface area contributed by atoms with E-state index in [0.29, 0.717) is 28.8 Å². The van der Waals surface area contributed by atoms with E-state index in [2.05, 4.69) is 17.4 Å². The Morgan fingerprint density at radius 1 is 1.09 bits per heavy atom. The second-order valence-electron chi connectivity index (χ2n) is 9.16. The number of benzene rings is 2. The van der Waals surface area contributed by atoms with Gasteiger partial charge in [0.2, 0.25) is 5.91 Å². The van der Waals surface area contributed by atoms with Crippen molar-refractivity contribution in [3.8, 4) is 0 Å². The second kappa shape index (κ2) is 12.1. The van der Waals surface area contributed by atoms with Crippen LogP contribution in [0.25, 0.3) is 0 Å². The molecule has 1 aliphatic heterocycles. The van der Waals surface area contributed by atoms with Crippen LogP contribution in [0.1, 0.15) is 34.3 Å². The smallest absolute Gasteiger partial charge is 0.339 e. The topological polar surface area (TPSA) is 75.7 Å². The number of likely N-dealkylation sites (tertiary alicyclic amines) is 1. The summed E-state index contributed by atoms with van der Waals surface area (Å²) in [7, 11) is 4.88. The first kappa shape index (κ1) is 27.5. The Bertz CT molecular complexity index is 1010. The lowest BCUT2D eigenvalue weighted by atomic mass is 9.93. The fourth-order valence-electron chi connectivity index (χ4n) is 4.80. The van der Waals surface area contributed by atoms with Crippen LogP contribution in [0.15, 0.2) is 48.5 Å². The fourth-order valence-corrected chi connectivity index (χ4v) is 4.80. The zero-order valence-electron chi connectivity index (χ0n) is 20.3. The van der Waals surface area contributed by atoms with Crippen LogP contribution in [-0.2, 0) is 20.9 Å². The number of esters is 1. The Kier molecular flexibility index (Phi) is 9.82. The number of amides is 2. The summed E-state index contributed by atoms with van der Waals surface area (Å²) in [6, 6.07) is 15.4. The molecule has 8 heteroatoms. The lowest BCUT2D eigenvalue weighted by molar-refractivity contribution is -0.940. The summed E-state index contributed by atoms with van der Waals surface area (Å²) in [5.74, 6) is -0.674. The van der Waals surface area contributed by atoms with Crippen LogP contribution in [0.4, 0.5) is 5.69 Å². The number of rotatable bonds is 7. The van der Waals surface area contributed by atoms with Crippen LogP contribution in [0, 0.1) is 12.8 Å². The maximum atomic E-state index is 13.3. The molecule has 2 amide bonds. The van der Waals surface area contributed by atoms with Crippen molar-refractivity contribution < 1.29 is 40.6 Å². The zero-order chi connectivity index (χ0) is 24.0. The van der Waals surface area contributed by atoms with Crippen molar-refractivity contribution in [1.29, 1.82) is 0 Å². The summed E-state index contributed by atoms with van der Waals surface area (Å²) >= 11 is 0. The first-order valence-electron chi connectivity index (χ1n) is 11.3. The molecule has 7 nitrogen and oxygen atoms in total. The number of aryl methyl sites for hydroxylation is 1. The van der Waals surface area contributed by atoms with Gasteiger partial charge in [0.25, 0.3) is 5.91 Å². The van der Waals surface area contributed by atoms with Crippen LogP contribution in [-0.4, -0.2) is 68.0 Å². The Morgan fingerprint density at radius 2 is 1.79 bits per heavy atom. The molecular formula is C26H34BrN3O4. The standard InChI is InChI=1S/C26H33N3O4.BrH/c1-19-10-8-14-22(26(32)33-4)24(19)27-23(30)18-29(16-20-11-6-5-7-12-20)15-9-13-21(17-29)25(31)28(2)3;/h5-8,10-12,14,21H,9,13,15-18H2,1-4H3;1H. The van der Waals surface area contributed by atoms with E-state index < -0.39 is 5.97 Å². The van der Waals surface area contributed by atoms with E-state index in [1.54, 1.807) is 31.1 Å². The lowest BCUT2D eigenvalue weighted by Crippen LogP contribution is -3.00. The molecule has 2 atom stereocenters. The second-order valence-corrected chi connectivity index (χ2v) is 9.16. The van der Waals surface area contributed by atoms with Crippen molar-refractivity contribution >= 4 is 23.5 Å². The van der Waals surface area contributed by atoms with Gasteiger partial charge in [0.1, 0.15) is 6.54 Å². The number of nitrogens with one attached hydrogen (secondary N) is 1. The molecule has 1 aliphatic rings. The number of para-hydroxylation sites is 1. The molecule has 1 heterocycles. The van der Waals surface area contributed by atoms with E-state index in [4.69, 9.17) is 4.74 Å². The highest BCUT2D eigenvalue weighted by Crippen LogP contribution is 2.28. The first-order chi connectivity index (χ1) is 15.7. The molecule has 2 aromatic rings. The zero-order valence-corrected chi connectivity index (χ0v) is 21.9. The van der Waals surface area contributed by atoms with Gasteiger partial charge in [-0.3, -0.25) is 9.59 Å². The molecule has 1 saturated heterocycles. The number of hydrogen-bond acceptors (Lipinski definition) is 4. The highest BCUT2D eigenvalue weighted by Gasteiger charge is 2.40. The molecule has 2 aromatic carbocycles. The van der Waals surface area contributed by atoms with Crippen LogP contribution in [0.3, 0.4) is 0 Å². The number of piperidine rings is 1. The van der Waals surface area contributed by atoms with Gasteiger partial charge in [-0.2, -0.15) is 0 Å². The van der Waals surface area contributed by atoms with E-state index in [-0.39, 0.29) is 41.3 Å². The molecule has 0 spiro atoms. The normalized spacial score (nSPS) is 19.5. The summed E-state index contributed by atoms with van der Waals surface area (Å²) in [6.45, 7) is 4.17. The van der Waals surface area contributed by atoms with Gasteiger partial charge in [-0.15, -0.1) is 0 Å². The minimum Gasteiger partial charge on any atom is -1.00 e. The Morgan fingerprint density at radius 3 is 2.44 bits per heavy atom. The van der Waals surface area contributed by atoms with E-state index in [1.807, 2.05) is 31.2 Å². The first-order valence-corrected chi connectivity index (χ1v) is 11.3. The monoisotopic (exact) mass is 531 g/mol. The molecule has 2 unspecified atom stereocenters. The van der Waals surface area contributed by atoms with E-state index in [1.165, 1.54) is 7.11 Å². The number of methoxy groups -OCH3 is 1. The van der Waals surface area contributed by atoms with Crippen molar-refractivity contribution in [3.05, 3.63) is 65.2 Å². The van der Waals surface area contributed by atoms with Gasteiger partial charge >= 0.3 is 5.97 Å². The van der Waals surface area contributed by atoms with E-state index in [0.717, 1.165) is 30.5 Å². The molecule has 0 radical (unpaired) electrons. The van der Waals surface area contributed by atoms with Crippen LogP contribution in [0.2, 0.25) is 0 Å². The lowest BCUT2D eigenvalue weighted by Gasteiger charge is -2.44. The number of carbonyl (C=O) groups is 3. The number of nitrogens with zero attached hydrogens (tertiary/aromatic N) is 2. The van der Waals surface area contributed by atoms with Gasteiger partial charge in [0.15, 0.2) is 6.54 Å². The van der Waals surface area contributed by atoms with Crippen LogP contribution < -0.4 is 22.3 Å². The number of ether oxygens (including phenoxy) is 1. The Labute approximate surface area is 212 Å². The predicted molar refractivity (Wildman–Crippen MR) is 128 cm³/mol. The largest absolute Gasteiger partial charge is 1.00 e. The molecule has 184 valence electrons. The SMILES string of the molecule is COC(=O)c1cccc(C)c1NC(=O)C[N+]1(Cc2ccccc2)CCCC(C(=O)N(C)C)C1.[Br-]. The van der Waals surface area contributed by atoms with E-state index in [9.17, 15) is 14.4 Å². The fraction of sp³-hybridized carbons (Fsp3) is 0.423. The van der Waals surface area contributed by atoms with Crippen molar-refractivity contribution in [3.63, 3.8) is 0 Å². The van der Waals surface area contributed by atoms with Gasteiger partial charge < -0.3 is 36.4 Å². The third-order valence-electron chi connectivity index (χ3n) is 6.37. The molecule has 1 N–H and O–H groups in total. The molecule has 0 aliphatic carbocycles. The summed E-state index contributed by atoms with van der Waals surface area (Å²) in [6.07, 6.45) is 1.71. The highest BCUT2D eigenvalue weighted by atomic mass is 79.9. The molecule has 1 fully saturated rings. The Balaban J connectivity index is 0.00000408. The van der Waals surface area contributed by atoms with Crippen molar-refractivity contribution in [2.24, 2.45) is 5.92 Å². The maximum absolute atomic E-state index is 13.3. The van der Waals surface area contributed by atoms with Gasteiger partial charge in [0, 0.05) is 19.7 Å². The van der Waals surface area contributed by atoms with Gasteiger partial charge in [-0.05, 0) is 31.4 Å². The summed E-state index contributed by atoms with van der Waals surface area (Å²) < 4.78 is 5.39. The van der Waals surface area contributed by atoms with Crippen LogP contribution in [0.5, 0.6) is 0 Å². The summed E-state index contributed by atoms with van der Waals surface area (Å²) in [5, 5.41) is 2.97. The summed E-state index contributed by atoms with van der Waals surface area (Å²) in [4.78, 5) is 40.0. The number of anilines is 1. The van der Waals surface area contributed by atoms with Gasteiger partial charge in [0.05, 0.1) is 37.4 Å². The summed E-state index contributed by atoms with van der Waals surface area (Å²) in [5.41, 5.74) is 2.74. The Hall–Kier alpha value is -2.71. The van der Waals surface area contributed by atoms with Crippen molar-refractivity contribution in [2.45, 2.75) is 26.3 Å². The van der Waals surface area contributed by atoms with Gasteiger partial charge in [-0.1, -0.05) is 42.5 Å². The van der Waals surface area contributed by atoms with Crippen molar-refractivity contribution in [2.75, 3.05) is 46.2 Å². The van der Waals surface area contributed by atoms with Crippen LogP contribution >= 0.6 is 0 Å². The maximum Gasteiger partial charge on any atom is 0.339 e.